The molecule has 4 aromatic rings. The molecule has 2 N–H and O–H groups in total. The van der Waals surface area contributed by atoms with Crippen LogP contribution >= 0.6 is 0 Å². The van der Waals surface area contributed by atoms with Crippen molar-refractivity contribution in [3.8, 4) is 5.75 Å². The summed E-state index contributed by atoms with van der Waals surface area (Å²) in [6.07, 6.45) is 0.234. The van der Waals surface area contributed by atoms with E-state index >= 15 is 0 Å². The van der Waals surface area contributed by atoms with Gasteiger partial charge in [0.05, 0.1) is 25.3 Å². The maximum Gasteiger partial charge on any atom is 0.226 e. The summed E-state index contributed by atoms with van der Waals surface area (Å²) in [5.41, 5.74) is 3.26. The van der Waals surface area contributed by atoms with Crippen LogP contribution in [-0.4, -0.2) is 18.0 Å². The summed E-state index contributed by atoms with van der Waals surface area (Å²) in [6, 6.07) is 28.8. The molecule has 1 aromatic heterocycles. The van der Waals surface area contributed by atoms with E-state index in [4.69, 9.17) is 9.72 Å². The molecule has 3 aromatic carbocycles. The Bertz CT molecular complexity index is 1130. The van der Waals surface area contributed by atoms with E-state index in [0.29, 0.717) is 5.75 Å². The fourth-order valence-corrected chi connectivity index (χ4v) is 3.38. The highest BCUT2D eigenvalue weighted by Gasteiger charge is 2.19. The van der Waals surface area contributed by atoms with Gasteiger partial charge in [-0.3, -0.25) is 4.79 Å². The quantitative estimate of drug-likeness (QED) is 0.437. The molecule has 1 atom stereocenters. The summed E-state index contributed by atoms with van der Waals surface area (Å²) in [5, 5.41) is 7.40. The molecular formula is C25H23N3O2. The Labute approximate surface area is 175 Å². The average Bonchev–Trinajstić information content (AvgIpc) is 2.79. The predicted molar refractivity (Wildman–Crippen MR) is 121 cm³/mol. The predicted octanol–water partition coefficient (Wildman–Crippen LogP) is 5.43. The lowest BCUT2D eigenvalue weighted by Crippen LogP contribution is -2.21. The second-order valence-electron chi connectivity index (χ2n) is 6.95. The lowest BCUT2D eigenvalue weighted by Gasteiger charge is -2.20. The third kappa shape index (κ3) is 4.58. The first-order valence-corrected chi connectivity index (χ1v) is 9.83. The van der Waals surface area contributed by atoms with Crippen molar-refractivity contribution >= 4 is 28.2 Å². The number of methoxy groups -OCH3 is 1. The van der Waals surface area contributed by atoms with Crippen molar-refractivity contribution in [2.24, 2.45) is 0 Å². The lowest BCUT2D eigenvalue weighted by atomic mass is 10.1. The zero-order chi connectivity index (χ0) is 20.8. The van der Waals surface area contributed by atoms with E-state index in [2.05, 4.69) is 10.6 Å². The van der Waals surface area contributed by atoms with Crippen molar-refractivity contribution < 1.29 is 9.53 Å². The van der Waals surface area contributed by atoms with Crippen molar-refractivity contribution in [2.45, 2.75) is 12.5 Å². The Morgan fingerprint density at radius 2 is 1.57 bits per heavy atom. The second-order valence-corrected chi connectivity index (χ2v) is 6.95. The van der Waals surface area contributed by atoms with Gasteiger partial charge >= 0.3 is 0 Å². The van der Waals surface area contributed by atoms with Crippen molar-refractivity contribution in [3.63, 3.8) is 0 Å². The number of hydrogen-bond donors (Lipinski definition) is 2. The van der Waals surface area contributed by atoms with Gasteiger partial charge in [-0.2, -0.15) is 0 Å². The first-order chi connectivity index (χ1) is 14.7. The number of carbonyl (C=O) groups is 1. The van der Waals surface area contributed by atoms with E-state index in [1.807, 2.05) is 91.0 Å². The van der Waals surface area contributed by atoms with Gasteiger partial charge in [-0.25, -0.2) is 4.98 Å². The van der Waals surface area contributed by atoms with E-state index in [-0.39, 0.29) is 18.4 Å². The van der Waals surface area contributed by atoms with Crippen LogP contribution in [0.15, 0.2) is 91.0 Å². The van der Waals surface area contributed by atoms with Crippen molar-refractivity contribution in [3.05, 3.63) is 96.7 Å². The van der Waals surface area contributed by atoms with Crippen LogP contribution in [0.1, 0.15) is 18.2 Å². The smallest absolute Gasteiger partial charge is 0.226 e. The Balaban J connectivity index is 1.64. The summed E-state index contributed by atoms with van der Waals surface area (Å²) in [7, 11) is 1.64. The van der Waals surface area contributed by atoms with Crippen molar-refractivity contribution in [1.82, 2.24) is 4.98 Å². The molecule has 0 aliphatic rings. The van der Waals surface area contributed by atoms with Gasteiger partial charge in [-0.15, -0.1) is 0 Å². The molecule has 0 fully saturated rings. The van der Waals surface area contributed by atoms with Crippen LogP contribution in [0.4, 0.5) is 11.4 Å². The third-order valence-electron chi connectivity index (χ3n) is 4.84. The van der Waals surface area contributed by atoms with Gasteiger partial charge in [0.25, 0.3) is 0 Å². The summed E-state index contributed by atoms with van der Waals surface area (Å²) in [4.78, 5) is 17.6. The van der Waals surface area contributed by atoms with Crippen LogP contribution in [-0.2, 0) is 4.79 Å². The van der Waals surface area contributed by atoms with Crippen LogP contribution in [0, 0.1) is 0 Å². The molecule has 0 radical (unpaired) electrons. The molecule has 1 amide bonds. The molecule has 0 spiro atoms. The highest BCUT2D eigenvalue weighted by molar-refractivity contribution is 5.91. The minimum absolute atomic E-state index is 0.0865. The van der Waals surface area contributed by atoms with Gasteiger partial charge in [-0.1, -0.05) is 54.6 Å². The first-order valence-electron chi connectivity index (χ1n) is 9.83. The fraction of sp³-hybridized carbons (Fsp3) is 0.120. The van der Waals surface area contributed by atoms with E-state index in [9.17, 15) is 4.79 Å². The van der Waals surface area contributed by atoms with E-state index in [0.717, 1.165) is 28.0 Å². The molecule has 0 bridgehead atoms. The number of aromatic nitrogens is 1. The van der Waals surface area contributed by atoms with Crippen molar-refractivity contribution in [1.29, 1.82) is 0 Å². The highest BCUT2D eigenvalue weighted by atomic mass is 16.5. The maximum atomic E-state index is 12.8. The number of benzene rings is 3. The number of carbonyl (C=O) groups excluding carboxylic acids is 1. The molecular weight excluding hydrogens is 374 g/mol. The topological polar surface area (TPSA) is 63.2 Å². The SMILES string of the molecule is COc1cccc2ccc(C(CC(=O)Nc3ccccc3)Nc3ccccc3)nc12. The normalized spacial score (nSPS) is 11.6. The van der Waals surface area contributed by atoms with Crippen LogP contribution in [0.25, 0.3) is 10.9 Å². The molecule has 0 aliphatic heterocycles. The molecule has 0 saturated heterocycles. The number of hydrogen-bond acceptors (Lipinski definition) is 4. The number of anilines is 2. The number of fused-ring (bicyclic) bond motifs is 1. The van der Waals surface area contributed by atoms with Gasteiger partial charge in [0.1, 0.15) is 11.3 Å². The summed E-state index contributed by atoms with van der Waals surface area (Å²) in [6.45, 7) is 0. The standard InChI is InChI=1S/C25H23N3O2/c1-30-23-14-8-9-18-15-16-21(28-25(18)23)22(26-19-10-4-2-5-11-19)17-24(29)27-20-12-6-3-7-13-20/h2-16,22,26H,17H2,1H3,(H,27,29). The average molecular weight is 397 g/mol. The second kappa shape index (κ2) is 9.09. The zero-order valence-corrected chi connectivity index (χ0v) is 16.7. The largest absolute Gasteiger partial charge is 0.494 e. The van der Waals surface area contributed by atoms with Crippen LogP contribution < -0.4 is 15.4 Å². The molecule has 4 rings (SSSR count). The molecule has 1 unspecified atom stereocenters. The zero-order valence-electron chi connectivity index (χ0n) is 16.7. The monoisotopic (exact) mass is 397 g/mol. The highest BCUT2D eigenvalue weighted by Crippen LogP contribution is 2.28. The molecule has 150 valence electrons. The summed E-state index contributed by atoms with van der Waals surface area (Å²) < 4.78 is 5.48. The number of amides is 1. The van der Waals surface area contributed by atoms with Crippen LogP contribution in [0.5, 0.6) is 5.75 Å². The van der Waals surface area contributed by atoms with Crippen LogP contribution in [0.3, 0.4) is 0 Å². The molecule has 30 heavy (non-hydrogen) atoms. The van der Waals surface area contributed by atoms with E-state index < -0.39 is 0 Å². The first kappa shape index (κ1) is 19.5. The minimum Gasteiger partial charge on any atom is -0.494 e. The Morgan fingerprint density at radius 3 is 2.27 bits per heavy atom. The van der Waals surface area contributed by atoms with Gasteiger partial charge < -0.3 is 15.4 Å². The number of pyridine rings is 1. The molecule has 5 nitrogen and oxygen atoms in total. The number of ether oxygens (including phenoxy) is 1. The Kier molecular flexibility index (Phi) is 5.90. The molecule has 1 heterocycles. The van der Waals surface area contributed by atoms with Gasteiger partial charge in [0, 0.05) is 16.8 Å². The minimum atomic E-state index is -0.301. The Morgan fingerprint density at radius 1 is 0.867 bits per heavy atom. The Hall–Kier alpha value is -3.86. The number of para-hydroxylation sites is 3. The van der Waals surface area contributed by atoms with E-state index in [1.54, 1.807) is 7.11 Å². The molecule has 5 heteroatoms. The van der Waals surface area contributed by atoms with Gasteiger partial charge in [-0.05, 0) is 36.4 Å². The number of nitrogens with one attached hydrogen (secondary N) is 2. The summed E-state index contributed by atoms with van der Waals surface area (Å²) in [5.74, 6) is 0.623. The van der Waals surface area contributed by atoms with Crippen LogP contribution in [0.2, 0.25) is 0 Å². The number of rotatable bonds is 7. The summed E-state index contributed by atoms with van der Waals surface area (Å²) >= 11 is 0. The van der Waals surface area contributed by atoms with Gasteiger partial charge in [0.2, 0.25) is 5.91 Å². The van der Waals surface area contributed by atoms with Gasteiger partial charge in [0.15, 0.2) is 0 Å². The molecule has 0 saturated carbocycles. The van der Waals surface area contributed by atoms with E-state index in [1.165, 1.54) is 0 Å². The maximum absolute atomic E-state index is 12.8. The third-order valence-corrected chi connectivity index (χ3v) is 4.84. The fourth-order valence-electron chi connectivity index (χ4n) is 3.38. The number of nitrogens with zero attached hydrogens (tertiary/aromatic N) is 1. The van der Waals surface area contributed by atoms with Crippen molar-refractivity contribution in [2.75, 3.05) is 17.7 Å². The molecule has 0 aliphatic carbocycles. The lowest BCUT2D eigenvalue weighted by molar-refractivity contribution is -0.116.